The average Bonchev–Trinajstić information content (AvgIpc) is 2.84. The van der Waals surface area contributed by atoms with Crippen molar-refractivity contribution < 1.29 is 14.6 Å². The number of aromatic carboxylic acids is 1. The van der Waals surface area contributed by atoms with E-state index < -0.39 is 5.97 Å². The van der Waals surface area contributed by atoms with Crippen molar-refractivity contribution in [1.82, 2.24) is 19.7 Å². The minimum atomic E-state index is -1.07. The van der Waals surface area contributed by atoms with Gasteiger partial charge in [-0.3, -0.25) is 4.68 Å². The summed E-state index contributed by atoms with van der Waals surface area (Å²) >= 11 is 0. The molecule has 7 heteroatoms. The summed E-state index contributed by atoms with van der Waals surface area (Å²) in [6, 6.07) is 0. The SMILES string of the molecule is CCn1cc(OCc2ncncc2C(=O)O)cn1. The second-order valence-corrected chi connectivity index (χ2v) is 3.51. The van der Waals surface area contributed by atoms with Gasteiger partial charge in [-0.05, 0) is 6.92 Å². The molecule has 18 heavy (non-hydrogen) atoms. The van der Waals surface area contributed by atoms with Gasteiger partial charge in [0.2, 0.25) is 0 Å². The maximum absolute atomic E-state index is 10.9. The van der Waals surface area contributed by atoms with Crippen LogP contribution < -0.4 is 4.74 Å². The van der Waals surface area contributed by atoms with Gasteiger partial charge in [0, 0.05) is 12.7 Å². The quantitative estimate of drug-likeness (QED) is 0.847. The summed E-state index contributed by atoms with van der Waals surface area (Å²) in [6.45, 7) is 2.78. The van der Waals surface area contributed by atoms with Crippen molar-refractivity contribution >= 4 is 5.97 Å². The minimum absolute atomic E-state index is 0.0420. The molecule has 2 rings (SSSR count). The van der Waals surface area contributed by atoms with Crippen LogP contribution in [0.1, 0.15) is 23.0 Å². The van der Waals surface area contributed by atoms with Gasteiger partial charge in [0.25, 0.3) is 0 Å². The van der Waals surface area contributed by atoms with E-state index in [0.717, 1.165) is 6.54 Å². The van der Waals surface area contributed by atoms with E-state index in [9.17, 15) is 4.79 Å². The van der Waals surface area contributed by atoms with Gasteiger partial charge in [-0.2, -0.15) is 5.10 Å². The van der Waals surface area contributed by atoms with Crippen molar-refractivity contribution in [3.8, 4) is 5.75 Å². The number of aryl methyl sites for hydroxylation is 1. The predicted octanol–water partition coefficient (Wildman–Crippen LogP) is 0.970. The third-order valence-corrected chi connectivity index (χ3v) is 2.33. The van der Waals surface area contributed by atoms with Crippen molar-refractivity contribution in [3.05, 3.63) is 36.2 Å². The summed E-state index contributed by atoms with van der Waals surface area (Å²) in [7, 11) is 0. The molecule has 2 aromatic rings. The molecule has 0 radical (unpaired) electrons. The highest BCUT2D eigenvalue weighted by molar-refractivity contribution is 5.88. The van der Waals surface area contributed by atoms with E-state index in [1.165, 1.54) is 12.5 Å². The van der Waals surface area contributed by atoms with E-state index in [-0.39, 0.29) is 12.2 Å². The third-order valence-electron chi connectivity index (χ3n) is 2.33. The van der Waals surface area contributed by atoms with Gasteiger partial charge < -0.3 is 9.84 Å². The molecule has 0 fully saturated rings. The van der Waals surface area contributed by atoms with Gasteiger partial charge in [-0.1, -0.05) is 0 Å². The zero-order chi connectivity index (χ0) is 13.0. The van der Waals surface area contributed by atoms with E-state index in [4.69, 9.17) is 9.84 Å². The number of hydrogen-bond acceptors (Lipinski definition) is 5. The Hall–Kier alpha value is -2.44. The fourth-order valence-corrected chi connectivity index (χ4v) is 1.39. The summed E-state index contributed by atoms with van der Waals surface area (Å²) in [5, 5.41) is 13.0. The Bertz CT molecular complexity index is 553. The van der Waals surface area contributed by atoms with E-state index in [1.54, 1.807) is 17.1 Å². The lowest BCUT2D eigenvalue weighted by Gasteiger charge is -2.04. The molecule has 0 aliphatic heterocycles. The van der Waals surface area contributed by atoms with Crippen molar-refractivity contribution in [3.63, 3.8) is 0 Å². The molecule has 1 N–H and O–H groups in total. The Balaban J connectivity index is 2.08. The molecule has 0 saturated heterocycles. The van der Waals surface area contributed by atoms with Crippen LogP contribution in [0.4, 0.5) is 0 Å². The molecule has 0 amide bonds. The van der Waals surface area contributed by atoms with E-state index in [2.05, 4.69) is 15.1 Å². The molecule has 0 atom stereocenters. The van der Waals surface area contributed by atoms with Crippen LogP contribution in [0.25, 0.3) is 0 Å². The highest BCUT2D eigenvalue weighted by Crippen LogP contribution is 2.12. The smallest absolute Gasteiger partial charge is 0.339 e. The van der Waals surface area contributed by atoms with Gasteiger partial charge in [-0.25, -0.2) is 14.8 Å². The molecule has 94 valence electrons. The maximum Gasteiger partial charge on any atom is 0.339 e. The molecule has 0 aliphatic rings. The second kappa shape index (κ2) is 5.26. The van der Waals surface area contributed by atoms with Gasteiger partial charge in [0.05, 0.1) is 18.1 Å². The van der Waals surface area contributed by atoms with Crippen LogP contribution in [0, 0.1) is 0 Å². The molecular formula is C11H12N4O3. The lowest BCUT2D eigenvalue weighted by molar-refractivity contribution is 0.0692. The van der Waals surface area contributed by atoms with Gasteiger partial charge in [0.1, 0.15) is 18.5 Å². The normalized spacial score (nSPS) is 10.3. The molecule has 0 spiro atoms. The lowest BCUT2D eigenvalue weighted by atomic mass is 10.2. The summed E-state index contributed by atoms with van der Waals surface area (Å²) in [5.74, 6) is -0.495. The highest BCUT2D eigenvalue weighted by Gasteiger charge is 2.12. The standard InChI is InChI=1S/C11H12N4O3/c1-2-15-5-8(3-14-15)18-6-10-9(11(16)17)4-12-7-13-10/h3-5,7H,2,6H2,1H3,(H,16,17). The molecule has 2 heterocycles. The summed E-state index contributed by atoms with van der Waals surface area (Å²) < 4.78 is 7.14. The molecule has 0 unspecified atom stereocenters. The first-order chi connectivity index (χ1) is 8.70. The number of nitrogens with zero attached hydrogens (tertiary/aromatic N) is 4. The zero-order valence-electron chi connectivity index (χ0n) is 9.78. The summed E-state index contributed by atoms with van der Waals surface area (Å²) in [5.41, 5.74) is 0.377. The molecule has 0 aromatic carbocycles. The van der Waals surface area contributed by atoms with Gasteiger partial charge >= 0.3 is 5.97 Å². The van der Waals surface area contributed by atoms with Crippen LogP contribution in [0.2, 0.25) is 0 Å². The zero-order valence-corrected chi connectivity index (χ0v) is 9.78. The predicted molar refractivity (Wildman–Crippen MR) is 61.2 cm³/mol. The number of hydrogen-bond donors (Lipinski definition) is 1. The molecule has 2 aromatic heterocycles. The topological polar surface area (TPSA) is 90.1 Å². The summed E-state index contributed by atoms with van der Waals surface area (Å²) in [4.78, 5) is 18.5. The number of ether oxygens (including phenoxy) is 1. The third kappa shape index (κ3) is 2.62. The Morgan fingerprint density at radius 2 is 2.33 bits per heavy atom. The lowest BCUT2D eigenvalue weighted by Crippen LogP contribution is -2.08. The van der Waals surface area contributed by atoms with Crippen molar-refractivity contribution in [2.45, 2.75) is 20.1 Å². The molecule has 0 saturated carbocycles. The fourth-order valence-electron chi connectivity index (χ4n) is 1.39. The number of aromatic nitrogens is 4. The number of rotatable bonds is 5. The first kappa shape index (κ1) is 12.0. The van der Waals surface area contributed by atoms with E-state index in [0.29, 0.717) is 11.4 Å². The van der Waals surface area contributed by atoms with Gasteiger partial charge in [0.15, 0.2) is 5.75 Å². The van der Waals surface area contributed by atoms with Crippen LogP contribution in [-0.4, -0.2) is 30.8 Å². The first-order valence-corrected chi connectivity index (χ1v) is 5.38. The summed E-state index contributed by atoms with van der Waals surface area (Å²) in [6.07, 6.45) is 5.86. The van der Waals surface area contributed by atoms with Crippen LogP contribution >= 0.6 is 0 Å². The largest absolute Gasteiger partial charge is 0.484 e. The Labute approximate surface area is 103 Å². The average molecular weight is 248 g/mol. The molecular weight excluding hydrogens is 236 g/mol. The van der Waals surface area contributed by atoms with Crippen molar-refractivity contribution in [1.29, 1.82) is 0 Å². The van der Waals surface area contributed by atoms with E-state index >= 15 is 0 Å². The Morgan fingerprint density at radius 1 is 1.50 bits per heavy atom. The van der Waals surface area contributed by atoms with Gasteiger partial charge in [-0.15, -0.1) is 0 Å². The fraction of sp³-hybridized carbons (Fsp3) is 0.273. The monoisotopic (exact) mass is 248 g/mol. The van der Waals surface area contributed by atoms with Crippen LogP contribution in [0.3, 0.4) is 0 Å². The van der Waals surface area contributed by atoms with Crippen LogP contribution in [0.5, 0.6) is 5.75 Å². The molecule has 7 nitrogen and oxygen atoms in total. The molecule has 0 bridgehead atoms. The van der Waals surface area contributed by atoms with Crippen LogP contribution in [0.15, 0.2) is 24.9 Å². The number of carboxylic acids is 1. The van der Waals surface area contributed by atoms with E-state index in [1.807, 2.05) is 6.92 Å². The number of carbonyl (C=O) groups is 1. The highest BCUT2D eigenvalue weighted by atomic mass is 16.5. The Morgan fingerprint density at radius 3 is 3.00 bits per heavy atom. The van der Waals surface area contributed by atoms with Crippen LogP contribution in [-0.2, 0) is 13.2 Å². The number of carboxylic acid groups (broad SMARTS) is 1. The molecule has 0 aliphatic carbocycles. The second-order valence-electron chi connectivity index (χ2n) is 3.51. The minimum Gasteiger partial charge on any atom is -0.484 e. The Kier molecular flexibility index (Phi) is 3.52. The van der Waals surface area contributed by atoms with Crippen molar-refractivity contribution in [2.75, 3.05) is 0 Å². The van der Waals surface area contributed by atoms with Crippen molar-refractivity contribution in [2.24, 2.45) is 0 Å². The maximum atomic E-state index is 10.9. The first-order valence-electron chi connectivity index (χ1n) is 5.38.